The summed E-state index contributed by atoms with van der Waals surface area (Å²) in [5, 5.41) is 11.1. The van der Waals surface area contributed by atoms with Crippen molar-refractivity contribution < 1.29 is 4.79 Å². The van der Waals surface area contributed by atoms with E-state index in [1.165, 1.54) is 32.5 Å². The molecule has 1 unspecified atom stereocenters. The number of piperidine rings is 1. The van der Waals surface area contributed by atoms with Crippen molar-refractivity contribution in [2.75, 3.05) is 57.9 Å². The normalized spacial score (nSPS) is 21.5. The number of hydrogen-bond donors (Lipinski definition) is 1. The number of rotatable bonds is 8. The third-order valence-electron chi connectivity index (χ3n) is 8.26. The van der Waals surface area contributed by atoms with Crippen molar-refractivity contribution in [1.29, 1.82) is 5.26 Å². The molecule has 0 bridgehead atoms. The Kier molecular flexibility index (Phi) is 9.45. The van der Waals surface area contributed by atoms with Gasteiger partial charge in [0.15, 0.2) is 5.82 Å². The maximum absolute atomic E-state index is 13.5. The quantitative estimate of drug-likeness (QED) is 0.463. The van der Waals surface area contributed by atoms with Crippen molar-refractivity contribution in [2.24, 2.45) is 5.92 Å². The lowest BCUT2D eigenvalue weighted by Crippen LogP contribution is -2.49. The van der Waals surface area contributed by atoms with Gasteiger partial charge in [0.25, 0.3) is 5.91 Å². The summed E-state index contributed by atoms with van der Waals surface area (Å²) in [6.45, 7) is 8.83. The van der Waals surface area contributed by atoms with Gasteiger partial charge in [0, 0.05) is 57.6 Å². The van der Waals surface area contributed by atoms with Crippen LogP contribution >= 0.6 is 15.9 Å². The lowest BCUT2D eigenvalue weighted by molar-refractivity contribution is 0.0926. The van der Waals surface area contributed by atoms with Crippen molar-refractivity contribution in [3.63, 3.8) is 0 Å². The minimum atomic E-state index is -0.171. The first-order chi connectivity index (χ1) is 19.0. The van der Waals surface area contributed by atoms with Crippen LogP contribution in [0.5, 0.6) is 0 Å². The number of piperazine rings is 1. The number of nitriles is 1. The van der Waals surface area contributed by atoms with Crippen LogP contribution in [0, 0.1) is 17.2 Å². The molecule has 0 radical (unpaired) electrons. The van der Waals surface area contributed by atoms with Gasteiger partial charge in [-0.05, 0) is 78.8 Å². The van der Waals surface area contributed by atoms with E-state index in [4.69, 9.17) is 0 Å². The highest BCUT2D eigenvalue weighted by molar-refractivity contribution is 9.10. The van der Waals surface area contributed by atoms with Gasteiger partial charge in [-0.25, -0.2) is 4.98 Å². The van der Waals surface area contributed by atoms with Crippen LogP contribution in [0.3, 0.4) is 0 Å². The van der Waals surface area contributed by atoms with Crippen LogP contribution < -0.4 is 10.4 Å². The molecule has 3 fully saturated rings. The molecule has 2 saturated heterocycles. The number of halogens is 1. The fourth-order valence-corrected chi connectivity index (χ4v) is 6.60. The lowest BCUT2D eigenvalue weighted by Gasteiger charge is -2.38. The Morgan fingerprint density at radius 2 is 1.90 bits per heavy atom. The van der Waals surface area contributed by atoms with Gasteiger partial charge in [-0.2, -0.15) is 10.2 Å². The van der Waals surface area contributed by atoms with E-state index in [-0.39, 0.29) is 17.8 Å². The van der Waals surface area contributed by atoms with Crippen molar-refractivity contribution in [2.45, 2.75) is 51.1 Å². The van der Waals surface area contributed by atoms with Crippen molar-refractivity contribution in [3.8, 4) is 6.07 Å². The molecule has 3 heterocycles. The largest absolute Gasteiger partial charge is 0.306 e. The molecule has 3 aliphatic rings. The first kappa shape index (κ1) is 28.0. The molecule has 0 spiro atoms. The van der Waals surface area contributed by atoms with E-state index in [0.717, 1.165) is 69.9 Å². The summed E-state index contributed by atoms with van der Waals surface area (Å²) in [5.74, 6) is 1.23. The molecule has 1 amide bonds. The SMILES string of the molecule is CN1CCCC(CN2CCN(Cc3cccc(C(=O)NN(c4nc(C#N)ncc4Br)C4CCCC4)c3)CC2)C1. The fourth-order valence-electron chi connectivity index (χ4n) is 6.22. The zero-order valence-electron chi connectivity index (χ0n) is 22.9. The number of amides is 1. The number of likely N-dealkylation sites (tertiary alicyclic amines) is 1. The lowest BCUT2D eigenvalue weighted by atomic mass is 9.97. The van der Waals surface area contributed by atoms with Gasteiger partial charge in [-0.3, -0.25) is 20.1 Å². The van der Waals surface area contributed by atoms with Gasteiger partial charge in [-0.1, -0.05) is 25.0 Å². The van der Waals surface area contributed by atoms with E-state index in [1.807, 2.05) is 29.3 Å². The zero-order chi connectivity index (χ0) is 27.2. The van der Waals surface area contributed by atoms with Crippen LogP contribution in [0.25, 0.3) is 0 Å². The van der Waals surface area contributed by atoms with E-state index in [1.54, 1.807) is 6.20 Å². The number of benzene rings is 1. The fraction of sp³-hybridized carbons (Fsp3) is 0.586. The summed E-state index contributed by atoms with van der Waals surface area (Å²) in [5.41, 5.74) is 4.88. The summed E-state index contributed by atoms with van der Waals surface area (Å²) in [7, 11) is 2.24. The third-order valence-corrected chi connectivity index (χ3v) is 8.82. The van der Waals surface area contributed by atoms with Crippen molar-refractivity contribution in [1.82, 2.24) is 30.1 Å². The van der Waals surface area contributed by atoms with E-state index in [2.05, 4.69) is 59.1 Å². The van der Waals surface area contributed by atoms with Gasteiger partial charge in [0.2, 0.25) is 5.82 Å². The summed E-state index contributed by atoms with van der Waals surface area (Å²) in [4.78, 5) is 29.5. The van der Waals surface area contributed by atoms with Gasteiger partial charge in [0.05, 0.1) is 10.5 Å². The van der Waals surface area contributed by atoms with E-state index < -0.39 is 0 Å². The minimum absolute atomic E-state index is 0.0821. The Labute approximate surface area is 240 Å². The number of nitrogens with zero attached hydrogens (tertiary/aromatic N) is 7. The monoisotopic (exact) mass is 594 g/mol. The second kappa shape index (κ2) is 13.2. The molecule has 2 aliphatic heterocycles. The summed E-state index contributed by atoms with van der Waals surface area (Å²) >= 11 is 3.52. The highest BCUT2D eigenvalue weighted by atomic mass is 79.9. The van der Waals surface area contributed by atoms with Crippen molar-refractivity contribution in [3.05, 3.63) is 51.9 Å². The number of nitrogens with one attached hydrogen (secondary N) is 1. The molecule has 208 valence electrons. The summed E-state index contributed by atoms with van der Waals surface area (Å²) < 4.78 is 0.650. The number of carbonyl (C=O) groups is 1. The van der Waals surface area contributed by atoms with Crippen LogP contribution in [0.4, 0.5) is 5.82 Å². The van der Waals surface area contributed by atoms with Gasteiger partial charge in [0.1, 0.15) is 6.07 Å². The maximum atomic E-state index is 13.5. The summed E-state index contributed by atoms with van der Waals surface area (Å²) in [6, 6.07) is 10.1. The topological polar surface area (TPSA) is 91.6 Å². The molecule has 9 nitrogen and oxygen atoms in total. The second-order valence-electron chi connectivity index (χ2n) is 11.3. The minimum Gasteiger partial charge on any atom is -0.306 e. The Bertz CT molecular complexity index is 1170. The van der Waals surface area contributed by atoms with Crippen LogP contribution in [0.15, 0.2) is 34.9 Å². The molecule has 1 N–H and O–H groups in total. The Hall–Kier alpha value is -2.58. The highest BCUT2D eigenvalue weighted by Gasteiger charge is 2.28. The number of hydrazine groups is 1. The maximum Gasteiger partial charge on any atom is 0.269 e. The number of aromatic nitrogens is 2. The Morgan fingerprint density at radius 3 is 2.64 bits per heavy atom. The Morgan fingerprint density at radius 1 is 1.13 bits per heavy atom. The van der Waals surface area contributed by atoms with Crippen LogP contribution in [-0.4, -0.2) is 89.5 Å². The zero-order valence-corrected chi connectivity index (χ0v) is 24.4. The molecule has 39 heavy (non-hydrogen) atoms. The van der Waals surface area contributed by atoms with E-state index in [9.17, 15) is 10.1 Å². The predicted octanol–water partition coefficient (Wildman–Crippen LogP) is 3.66. The molecule has 1 aliphatic carbocycles. The van der Waals surface area contributed by atoms with Crippen molar-refractivity contribution >= 4 is 27.7 Å². The molecule has 10 heteroatoms. The third kappa shape index (κ3) is 7.34. The average molecular weight is 596 g/mol. The molecular formula is C29H39BrN8O. The Balaban J connectivity index is 1.20. The average Bonchev–Trinajstić information content (AvgIpc) is 3.48. The molecule has 1 saturated carbocycles. The smallest absolute Gasteiger partial charge is 0.269 e. The number of hydrogen-bond acceptors (Lipinski definition) is 8. The van der Waals surface area contributed by atoms with Crippen LogP contribution in [0.2, 0.25) is 0 Å². The molecular weight excluding hydrogens is 556 g/mol. The highest BCUT2D eigenvalue weighted by Crippen LogP contribution is 2.30. The molecule has 1 aromatic carbocycles. The predicted molar refractivity (Wildman–Crippen MR) is 155 cm³/mol. The van der Waals surface area contributed by atoms with E-state index >= 15 is 0 Å². The molecule has 2 aromatic rings. The molecule has 1 atom stereocenters. The van der Waals surface area contributed by atoms with Crippen LogP contribution in [0.1, 0.15) is 60.3 Å². The number of anilines is 1. The van der Waals surface area contributed by atoms with Crippen LogP contribution in [-0.2, 0) is 6.54 Å². The standard InChI is InChI=1S/C29H39BrN8O/c1-35-11-5-7-23(19-35)21-37-14-12-36(13-15-37)20-22-6-4-8-24(16-22)29(39)34-38(25-9-2-3-10-25)28-26(30)18-32-27(17-31)33-28/h4,6,8,16,18,23,25H,2-3,5,7,9-15,19-21H2,1H3,(H,34,39). The van der Waals surface area contributed by atoms with Gasteiger partial charge in [-0.15, -0.1) is 0 Å². The molecule has 5 rings (SSSR count). The first-order valence-corrected chi connectivity index (χ1v) is 15.0. The van der Waals surface area contributed by atoms with E-state index in [0.29, 0.717) is 15.9 Å². The first-order valence-electron chi connectivity index (χ1n) is 14.2. The molecule has 1 aromatic heterocycles. The second-order valence-corrected chi connectivity index (χ2v) is 12.1. The summed E-state index contributed by atoms with van der Waals surface area (Å²) in [6.07, 6.45) is 8.37. The van der Waals surface area contributed by atoms with Gasteiger partial charge < -0.3 is 9.80 Å². The van der Waals surface area contributed by atoms with Gasteiger partial charge >= 0.3 is 0 Å². The number of carbonyl (C=O) groups excluding carboxylic acids is 1.